The maximum atomic E-state index is 13.9. The van der Waals surface area contributed by atoms with Crippen LogP contribution in [-0.2, 0) is 41.3 Å². The predicted octanol–water partition coefficient (Wildman–Crippen LogP) is 3.59. The van der Waals surface area contributed by atoms with Crippen LogP contribution in [0.3, 0.4) is 0 Å². The lowest BCUT2D eigenvalue weighted by molar-refractivity contribution is -0.132. The molecule has 2 unspecified atom stereocenters. The molecule has 1 spiro atoms. The summed E-state index contributed by atoms with van der Waals surface area (Å²) in [5.74, 6) is -0.0516. The monoisotopic (exact) mass is 646 g/mol. The van der Waals surface area contributed by atoms with Crippen molar-refractivity contribution in [1.29, 1.82) is 0 Å². The van der Waals surface area contributed by atoms with E-state index in [1.165, 1.54) is 0 Å². The molecule has 5 bridgehead atoms. The zero-order valence-corrected chi connectivity index (χ0v) is 28.0. The largest absolute Gasteiger partial charge is 0.344 e. The first-order chi connectivity index (χ1) is 23.1. The van der Waals surface area contributed by atoms with Crippen LogP contribution in [-0.4, -0.2) is 87.0 Å². The van der Waals surface area contributed by atoms with E-state index in [4.69, 9.17) is 0 Å². The summed E-state index contributed by atoms with van der Waals surface area (Å²) in [6, 6.07) is 7.16. The molecule has 2 aliphatic heterocycles. The zero-order valence-electron chi connectivity index (χ0n) is 28.0. The van der Waals surface area contributed by atoms with Crippen LogP contribution in [0.1, 0.15) is 63.1 Å². The minimum Gasteiger partial charge on any atom is -0.344 e. The van der Waals surface area contributed by atoms with E-state index in [1.54, 1.807) is 23.4 Å². The Kier molecular flexibility index (Phi) is 8.32. The topological polar surface area (TPSA) is 125 Å². The van der Waals surface area contributed by atoms with Gasteiger partial charge in [0.15, 0.2) is 0 Å². The predicted molar refractivity (Wildman–Crippen MR) is 185 cm³/mol. The number of hydrogen-bond acceptors (Lipinski definition) is 7. The van der Waals surface area contributed by atoms with Crippen LogP contribution in [0.15, 0.2) is 48.9 Å². The number of carbonyl (C=O) groups excluding carboxylic acids is 3. The first-order valence-corrected chi connectivity index (χ1v) is 16.7. The van der Waals surface area contributed by atoms with Crippen molar-refractivity contribution in [2.75, 3.05) is 39.0 Å². The van der Waals surface area contributed by atoms with Gasteiger partial charge in [-0.05, 0) is 92.2 Å². The Hall–Kier alpha value is -4.90. The van der Waals surface area contributed by atoms with E-state index in [0.717, 1.165) is 76.6 Å². The molecule has 248 valence electrons. The Morgan fingerprint density at radius 2 is 1.73 bits per heavy atom. The molecule has 0 saturated carbocycles. The van der Waals surface area contributed by atoms with Gasteiger partial charge < -0.3 is 20.4 Å². The van der Waals surface area contributed by atoms with Gasteiger partial charge in [-0.25, -0.2) is 4.98 Å². The van der Waals surface area contributed by atoms with Crippen molar-refractivity contribution < 1.29 is 14.4 Å². The Morgan fingerprint density at radius 3 is 2.58 bits per heavy atom. The van der Waals surface area contributed by atoms with Crippen molar-refractivity contribution in [2.45, 2.75) is 56.9 Å². The van der Waals surface area contributed by atoms with Crippen molar-refractivity contribution in [2.24, 2.45) is 7.05 Å². The Labute approximate surface area is 280 Å². The minimum absolute atomic E-state index is 0.0860. The molecule has 1 aliphatic carbocycles. The molecule has 5 heterocycles. The van der Waals surface area contributed by atoms with E-state index in [-0.39, 0.29) is 17.5 Å². The average molecular weight is 647 g/mol. The molecule has 11 nitrogen and oxygen atoms in total. The molecule has 4 aromatic rings. The summed E-state index contributed by atoms with van der Waals surface area (Å²) < 4.78 is 1.85. The standard InChI is InChI=1S/C37H42N8O3/c1-23-13-25(14-27-22-40-45(4)32(23)27)16-31-35(47)44(3)12-7-5-6-10-43(2)11-8-9-24-15-29-33(39-20-24)42-36(48)37(29)18-26-17-30(34(46)41-31)38-21-28(26)19-37/h8-9,13-15,17,20-22,31H,5-7,10-12,16,18-19H2,1-4H3,(H,41,46)(H,39,42,48). The molecular weight excluding hydrogens is 604 g/mol. The number of pyridine rings is 2. The molecule has 2 N–H and O–H groups in total. The Balaban J connectivity index is 1.21. The van der Waals surface area contributed by atoms with Gasteiger partial charge in [0.25, 0.3) is 5.91 Å². The van der Waals surface area contributed by atoms with Gasteiger partial charge in [-0.3, -0.25) is 24.0 Å². The number of benzene rings is 1. The third kappa shape index (κ3) is 5.87. The molecule has 3 aromatic heterocycles. The fourth-order valence-electron chi connectivity index (χ4n) is 7.58. The van der Waals surface area contributed by atoms with E-state index < -0.39 is 17.4 Å². The number of rotatable bonds is 2. The van der Waals surface area contributed by atoms with E-state index in [1.807, 2.05) is 38.0 Å². The first-order valence-electron chi connectivity index (χ1n) is 16.7. The lowest BCUT2D eigenvalue weighted by Gasteiger charge is -2.25. The van der Waals surface area contributed by atoms with Gasteiger partial charge in [0, 0.05) is 56.9 Å². The van der Waals surface area contributed by atoms with E-state index in [9.17, 15) is 14.4 Å². The zero-order chi connectivity index (χ0) is 33.6. The van der Waals surface area contributed by atoms with Crippen LogP contribution in [0.25, 0.3) is 17.0 Å². The molecule has 0 fully saturated rings. The number of carbonyl (C=O) groups is 3. The van der Waals surface area contributed by atoms with E-state index in [2.05, 4.69) is 61.9 Å². The summed E-state index contributed by atoms with van der Waals surface area (Å²) in [5.41, 5.74) is 6.13. The lowest BCUT2D eigenvalue weighted by Crippen LogP contribution is -2.49. The smallest absolute Gasteiger partial charge is 0.270 e. The quantitative estimate of drug-likeness (QED) is 0.341. The number of nitrogens with one attached hydrogen (secondary N) is 2. The van der Waals surface area contributed by atoms with Crippen LogP contribution >= 0.6 is 0 Å². The van der Waals surface area contributed by atoms with Crippen molar-refractivity contribution >= 4 is 40.5 Å². The van der Waals surface area contributed by atoms with Crippen LogP contribution in [0.4, 0.5) is 5.82 Å². The highest BCUT2D eigenvalue weighted by atomic mass is 16.2. The Morgan fingerprint density at radius 1 is 0.917 bits per heavy atom. The highest BCUT2D eigenvalue weighted by molar-refractivity contribution is 6.06. The molecule has 1 aromatic carbocycles. The number of aryl methyl sites for hydroxylation is 2. The summed E-state index contributed by atoms with van der Waals surface area (Å²) in [4.78, 5) is 54.4. The van der Waals surface area contributed by atoms with Gasteiger partial charge >= 0.3 is 0 Å². The molecule has 0 saturated heterocycles. The minimum atomic E-state index is -0.802. The summed E-state index contributed by atoms with van der Waals surface area (Å²) in [6.07, 6.45) is 13.6. The van der Waals surface area contributed by atoms with Crippen LogP contribution in [0, 0.1) is 6.92 Å². The van der Waals surface area contributed by atoms with E-state index >= 15 is 0 Å². The number of likely N-dealkylation sites (N-methyl/N-ethyl adjacent to an activating group) is 2. The molecular formula is C37H42N8O3. The molecule has 0 radical (unpaired) electrons. The summed E-state index contributed by atoms with van der Waals surface area (Å²) in [5, 5.41) is 11.4. The second-order valence-electron chi connectivity index (χ2n) is 13.7. The summed E-state index contributed by atoms with van der Waals surface area (Å²) in [7, 11) is 5.83. The highest BCUT2D eigenvalue weighted by Gasteiger charge is 2.51. The van der Waals surface area contributed by atoms with Crippen LogP contribution in [0.5, 0.6) is 0 Å². The molecule has 7 rings (SSSR count). The molecule has 11 heteroatoms. The first kappa shape index (κ1) is 31.7. The van der Waals surface area contributed by atoms with Crippen molar-refractivity contribution in [3.63, 3.8) is 0 Å². The van der Waals surface area contributed by atoms with Crippen LogP contribution < -0.4 is 10.6 Å². The van der Waals surface area contributed by atoms with Gasteiger partial charge in [-0.15, -0.1) is 0 Å². The maximum absolute atomic E-state index is 13.9. The SMILES string of the molecule is Cc1cc(CC2NC(=O)c3cc4c(cn3)CC3(C4)C(=O)Nc4ncc(cc43)C=CCN(C)CCCCCN(C)C2=O)cc2cnn(C)c12. The van der Waals surface area contributed by atoms with Gasteiger partial charge in [0.2, 0.25) is 11.8 Å². The molecule has 3 aliphatic rings. The van der Waals surface area contributed by atoms with Crippen molar-refractivity contribution in [3.8, 4) is 0 Å². The molecule has 3 amide bonds. The highest BCUT2D eigenvalue weighted by Crippen LogP contribution is 2.47. The summed E-state index contributed by atoms with van der Waals surface area (Å²) in [6.45, 7) is 4.37. The Bertz CT molecular complexity index is 1970. The van der Waals surface area contributed by atoms with Gasteiger partial charge in [0.1, 0.15) is 17.6 Å². The average Bonchev–Trinajstić information content (AvgIpc) is 3.72. The fraction of sp³-hybridized carbons (Fsp3) is 0.405. The number of aromatic nitrogens is 4. The van der Waals surface area contributed by atoms with E-state index in [0.29, 0.717) is 31.6 Å². The van der Waals surface area contributed by atoms with Crippen LogP contribution in [0.2, 0.25) is 0 Å². The second kappa shape index (κ2) is 12.6. The number of amides is 3. The van der Waals surface area contributed by atoms with Crippen molar-refractivity contribution in [1.82, 2.24) is 34.9 Å². The van der Waals surface area contributed by atoms with Gasteiger partial charge in [0.05, 0.1) is 17.1 Å². The third-order valence-corrected chi connectivity index (χ3v) is 10.2. The maximum Gasteiger partial charge on any atom is 0.270 e. The third-order valence-electron chi connectivity index (χ3n) is 10.2. The normalized spacial score (nSPS) is 22.1. The number of hydrogen-bond donors (Lipinski definition) is 2. The molecule has 48 heavy (non-hydrogen) atoms. The summed E-state index contributed by atoms with van der Waals surface area (Å²) >= 11 is 0. The number of nitrogens with zero attached hydrogens (tertiary/aromatic N) is 6. The molecule has 2 atom stereocenters. The fourth-order valence-corrected chi connectivity index (χ4v) is 7.58. The number of fused-ring (bicyclic) bond motifs is 3. The van der Waals surface area contributed by atoms with Gasteiger partial charge in [-0.1, -0.05) is 24.6 Å². The van der Waals surface area contributed by atoms with Crippen molar-refractivity contribution in [3.05, 3.63) is 88.0 Å². The lowest BCUT2D eigenvalue weighted by atomic mass is 9.79. The number of anilines is 1. The van der Waals surface area contributed by atoms with Gasteiger partial charge in [-0.2, -0.15) is 5.10 Å². The second-order valence-corrected chi connectivity index (χ2v) is 13.7.